The summed E-state index contributed by atoms with van der Waals surface area (Å²) in [5.41, 5.74) is 8.53. The second-order valence-corrected chi connectivity index (χ2v) is 5.47. The summed E-state index contributed by atoms with van der Waals surface area (Å²) in [4.78, 5) is 2.63. The van der Waals surface area contributed by atoms with E-state index in [-0.39, 0.29) is 0 Å². The lowest BCUT2D eigenvalue weighted by Crippen LogP contribution is -2.29. The molecule has 2 N–H and O–H groups in total. The maximum absolute atomic E-state index is 5.79. The van der Waals surface area contributed by atoms with Crippen LogP contribution in [-0.4, -0.2) is 24.5 Å². The van der Waals surface area contributed by atoms with Crippen LogP contribution in [0.1, 0.15) is 37.3 Å². The summed E-state index contributed by atoms with van der Waals surface area (Å²) in [7, 11) is 0. The Hall–Kier alpha value is -0.860. The summed E-state index contributed by atoms with van der Waals surface area (Å²) < 4.78 is 0. The molecular weight excluding hydrogens is 220 g/mol. The molecule has 1 aromatic rings. The molecular formula is C16H26N2. The summed E-state index contributed by atoms with van der Waals surface area (Å²) in [6.07, 6.45) is 5.28. The van der Waals surface area contributed by atoms with Gasteiger partial charge in [-0.2, -0.15) is 0 Å². The van der Waals surface area contributed by atoms with Gasteiger partial charge >= 0.3 is 0 Å². The van der Waals surface area contributed by atoms with E-state index in [2.05, 4.69) is 36.1 Å². The Balaban J connectivity index is 1.86. The van der Waals surface area contributed by atoms with Gasteiger partial charge < -0.3 is 10.6 Å². The van der Waals surface area contributed by atoms with Gasteiger partial charge in [-0.3, -0.25) is 0 Å². The molecule has 1 fully saturated rings. The van der Waals surface area contributed by atoms with E-state index in [9.17, 15) is 0 Å². The van der Waals surface area contributed by atoms with Crippen molar-refractivity contribution in [3.05, 3.63) is 35.4 Å². The highest BCUT2D eigenvalue weighted by atomic mass is 15.1. The molecule has 2 heteroatoms. The number of nitrogens with zero attached hydrogens (tertiary/aromatic N) is 1. The zero-order valence-electron chi connectivity index (χ0n) is 11.6. The molecule has 0 saturated heterocycles. The number of hydrogen-bond acceptors (Lipinski definition) is 2. The van der Waals surface area contributed by atoms with Gasteiger partial charge in [-0.05, 0) is 49.3 Å². The summed E-state index contributed by atoms with van der Waals surface area (Å²) >= 11 is 0. The lowest BCUT2D eigenvalue weighted by atomic mass is 10.0. The van der Waals surface area contributed by atoms with Crippen molar-refractivity contribution in [3.63, 3.8) is 0 Å². The van der Waals surface area contributed by atoms with E-state index in [1.54, 1.807) is 0 Å². The van der Waals surface area contributed by atoms with Gasteiger partial charge in [0.05, 0.1) is 0 Å². The van der Waals surface area contributed by atoms with Crippen LogP contribution in [0.25, 0.3) is 0 Å². The number of hydrogen-bond donors (Lipinski definition) is 1. The van der Waals surface area contributed by atoms with Crippen molar-refractivity contribution < 1.29 is 0 Å². The molecule has 0 heterocycles. The van der Waals surface area contributed by atoms with Crippen molar-refractivity contribution in [3.8, 4) is 0 Å². The van der Waals surface area contributed by atoms with Gasteiger partial charge in [0.15, 0.2) is 0 Å². The summed E-state index contributed by atoms with van der Waals surface area (Å²) in [5.74, 6) is 0.987. The molecule has 1 aromatic carbocycles. The van der Waals surface area contributed by atoms with E-state index in [4.69, 9.17) is 5.73 Å². The first kappa shape index (κ1) is 13.6. The second kappa shape index (κ2) is 6.91. The molecule has 1 aliphatic rings. The third kappa shape index (κ3) is 4.11. The van der Waals surface area contributed by atoms with Gasteiger partial charge in [0.25, 0.3) is 0 Å². The Bertz CT molecular complexity index is 358. The highest BCUT2D eigenvalue weighted by Gasteiger charge is 2.23. The van der Waals surface area contributed by atoms with E-state index in [0.717, 1.165) is 12.3 Å². The van der Waals surface area contributed by atoms with E-state index in [1.807, 2.05) is 0 Å². The number of rotatable bonds is 8. The molecule has 0 aromatic heterocycles. The van der Waals surface area contributed by atoms with Gasteiger partial charge in [-0.25, -0.2) is 0 Å². The third-order valence-corrected chi connectivity index (χ3v) is 3.79. The van der Waals surface area contributed by atoms with Gasteiger partial charge in [-0.1, -0.05) is 31.2 Å². The van der Waals surface area contributed by atoms with Crippen LogP contribution in [0.5, 0.6) is 0 Å². The second-order valence-electron chi connectivity index (χ2n) is 5.47. The van der Waals surface area contributed by atoms with Crippen molar-refractivity contribution in [2.75, 3.05) is 19.6 Å². The van der Waals surface area contributed by atoms with Crippen LogP contribution >= 0.6 is 0 Å². The predicted molar refractivity (Wildman–Crippen MR) is 77.5 cm³/mol. The highest BCUT2D eigenvalue weighted by molar-refractivity contribution is 5.27. The molecule has 100 valence electrons. The molecule has 0 spiro atoms. The van der Waals surface area contributed by atoms with Crippen molar-refractivity contribution in [2.24, 2.45) is 11.7 Å². The van der Waals surface area contributed by atoms with E-state index in [1.165, 1.54) is 50.0 Å². The van der Waals surface area contributed by atoms with Crippen molar-refractivity contribution in [1.29, 1.82) is 0 Å². The molecule has 2 rings (SSSR count). The average Bonchev–Trinajstić information content (AvgIpc) is 3.20. The van der Waals surface area contributed by atoms with Crippen LogP contribution in [0.4, 0.5) is 0 Å². The van der Waals surface area contributed by atoms with Crippen LogP contribution in [0.2, 0.25) is 0 Å². The molecule has 0 aliphatic heterocycles. The zero-order chi connectivity index (χ0) is 12.8. The third-order valence-electron chi connectivity index (χ3n) is 3.79. The summed E-state index contributed by atoms with van der Waals surface area (Å²) in [6, 6.07) is 8.59. The van der Waals surface area contributed by atoms with Crippen LogP contribution in [-0.2, 0) is 13.0 Å². The Morgan fingerprint density at radius 3 is 2.50 bits per heavy atom. The van der Waals surface area contributed by atoms with E-state index >= 15 is 0 Å². The van der Waals surface area contributed by atoms with Crippen LogP contribution < -0.4 is 5.73 Å². The first-order valence-corrected chi connectivity index (χ1v) is 7.32. The molecule has 2 nitrogen and oxygen atoms in total. The number of benzene rings is 1. The monoisotopic (exact) mass is 246 g/mol. The largest absolute Gasteiger partial charge is 0.326 e. The maximum atomic E-state index is 5.79. The van der Waals surface area contributed by atoms with Crippen molar-refractivity contribution in [1.82, 2.24) is 4.90 Å². The van der Waals surface area contributed by atoms with Crippen LogP contribution in [0, 0.1) is 5.92 Å². The van der Waals surface area contributed by atoms with Crippen LogP contribution in [0.3, 0.4) is 0 Å². The molecule has 0 amide bonds. The Morgan fingerprint density at radius 2 is 1.89 bits per heavy atom. The Kier molecular flexibility index (Phi) is 5.21. The molecule has 0 unspecified atom stereocenters. The molecule has 0 radical (unpaired) electrons. The van der Waals surface area contributed by atoms with E-state index in [0.29, 0.717) is 6.54 Å². The fourth-order valence-corrected chi connectivity index (χ4v) is 2.56. The SMILES string of the molecule is CCCN(CCc1ccccc1CN)CC1CC1. The predicted octanol–water partition coefficient (Wildman–Crippen LogP) is 2.81. The first-order chi connectivity index (χ1) is 8.83. The molecule has 18 heavy (non-hydrogen) atoms. The minimum atomic E-state index is 0.659. The molecule has 1 saturated carbocycles. The van der Waals surface area contributed by atoms with E-state index < -0.39 is 0 Å². The van der Waals surface area contributed by atoms with Gasteiger partial charge in [0.1, 0.15) is 0 Å². The smallest absolute Gasteiger partial charge is 0.0180 e. The normalized spacial score (nSPS) is 15.3. The maximum Gasteiger partial charge on any atom is 0.0180 e. The van der Waals surface area contributed by atoms with Crippen LogP contribution in [0.15, 0.2) is 24.3 Å². The topological polar surface area (TPSA) is 29.3 Å². The lowest BCUT2D eigenvalue weighted by molar-refractivity contribution is 0.266. The van der Waals surface area contributed by atoms with Crippen molar-refractivity contribution in [2.45, 2.75) is 39.2 Å². The average molecular weight is 246 g/mol. The Labute approximate surface area is 111 Å². The lowest BCUT2D eigenvalue weighted by Gasteiger charge is -2.22. The minimum Gasteiger partial charge on any atom is -0.326 e. The Morgan fingerprint density at radius 1 is 1.17 bits per heavy atom. The molecule has 0 bridgehead atoms. The minimum absolute atomic E-state index is 0.659. The quantitative estimate of drug-likeness (QED) is 0.764. The zero-order valence-corrected chi connectivity index (χ0v) is 11.6. The van der Waals surface area contributed by atoms with Gasteiger partial charge in [0.2, 0.25) is 0 Å². The van der Waals surface area contributed by atoms with Gasteiger partial charge in [0, 0.05) is 19.6 Å². The molecule has 0 atom stereocenters. The van der Waals surface area contributed by atoms with Gasteiger partial charge in [-0.15, -0.1) is 0 Å². The summed E-state index contributed by atoms with van der Waals surface area (Å²) in [6.45, 7) is 6.65. The molecule has 1 aliphatic carbocycles. The standard InChI is InChI=1S/C16H26N2/c1-2-10-18(13-14-7-8-14)11-9-15-5-3-4-6-16(15)12-17/h3-6,14H,2,7-13,17H2,1H3. The first-order valence-electron chi connectivity index (χ1n) is 7.32. The number of nitrogens with two attached hydrogens (primary N) is 1. The summed E-state index contributed by atoms with van der Waals surface area (Å²) in [5, 5.41) is 0. The van der Waals surface area contributed by atoms with Crippen molar-refractivity contribution >= 4 is 0 Å². The highest BCUT2D eigenvalue weighted by Crippen LogP contribution is 2.29. The fraction of sp³-hybridized carbons (Fsp3) is 0.625. The fourth-order valence-electron chi connectivity index (χ4n) is 2.56.